The minimum Gasteiger partial charge on any atom is -0.462 e. The Labute approximate surface area is 368 Å². The highest BCUT2D eigenvalue weighted by Crippen LogP contribution is 2.18. The van der Waals surface area contributed by atoms with Gasteiger partial charge in [-0.15, -0.1) is 0 Å². The van der Waals surface area contributed by atoms with E-state index in [2.05, 4.69) is 13.8 Å². The second kappa shape index (κ2) is 44.2. The molecule has 0 saturated carbocycles. The van der Waals surface area contributed by atoms with Crippen LogP contribution in [0.4, 0.5) is 0 Å². The van der Waals surface area contributed by atoms with Crippen LogP contribution < -0.4 is 0 Å². The van der Waals surface area contributed by atoms with Crippen LogP contribution >= 0.6 is 11.6 Å². The lowest BCUT2D eigenvalue weighted by Gasteiger charge is -2.20. The minimum atomic E-state index is -0.819. The van der Waals surface area contributed by atoms with Crippen molar-refractivity contribution < 1.29 is 38.1 Å². The number of ether oxygens (including phenoxy) is 4. The van der Waals surface area contributed by atoms with Crippen molar-refractivity contribution in [2.75, 3.05) is 19.3 Å². The Morgan fingerprint density at radius 1 is 0.390 bits per heavy atom. The van der Waals surface area contributed by atoms with E-state index in [0.717, 1.165) is 83.5 Å². The molecule has 0 heterocycles. The molecule has 0 aromatic carbocycles. The first-order valence-corrected chi connectivity index (χ1v) is 25.5. The molecule has 8 nitrogen and oxygen atoms in total. The average Bonchev–Trinajstić information content (AvgIpc) is 3.22. The fourth-order valence-corrected chi connectivity index (χ4v) is 7.63. The van der Waals surface area contributed by atoms with Crippen LogP contribution in [0, 0.1) is 11.8 Å². The Morgan fingerprint density at radius 3 is 1.00 bits per heavy atom. The molecule has 0 fully saturated rings. The van der Waals surface area contributed by atoms with Crippen molar-refractivity contribution in [2.24, 2.45) is 11.8 Å². The third kappa shape index (κ3) is 40.0. The van der Waals surface area contributed by atoms with E-state index in [9.17, 15) is 19.2 Å². The van der Waals surface area contributed by atoms with Crippen molar-refractivity contribution in [3.05, 3.63) is 0 Å². The highest BCUT2D eigenvalue weighted by Gasteiger charge is 2.23. The minimum absolute atomic E-state index is 0.101. The van der Waals surface area contributed by atoms with Gasteiger partial charge in [0, 0.05) is 12.8 Å². The van der Waals surface area contributed by atoms with Gasteiger partial charge in [-0.1, -0.05) is 232 Å². The molecule has 0 spiro atoms. The van der Waals surface area contributed by atoms with Crippen molar-refractivity contribution in [3.63, 3.8) is 0 Å². The summed E-state index contributed by atoms with van der Waals surface area (Å²) in [5.41, 5.74) is 0. The summed E-state index contributed by atoms with van der Waals surface area (Å²) in [5, 5.41) is 0. The van der Waals surface area contributed by atoms with Gasteiger partial charge in [0.05, 0.1) is 11.8 Å². The van der Waals surface area contributed by atoms with Gasteiger partial charge >= 0.3 is 23.9 Å². The van der Waals surface area contributed by atoms with Crippen molar-refractivity contribution in [1.82, 2.24) is 0 Å². The van der Waals surface area contributed by atoms with Crippen LogP contribution in [0.15, 0.2) is 0 Å². The molecule has 0 bridgehead atoms. The van der Waals surface area contributed by atoms with Crippen LogP contribution in [0.1, 0.15) is 259 Å². The largest absolute Gasteiger partial charge is 0.462 e. The molecule has 0 aliphatic rings. The molecule has 0 rings (SSSR count). The number of rotatable bonds is 45. The van der Waals surface area contributed by atoms with Gasteiger partial charge in [0.2, 0.25) is 0 Å². The van der Waals surface area contributed by atoms with Crippen molar-refractivity contribution in [1.29, 1.82) is 0 Å². The molecule has 0 radical (unpaired) electrons. The number of carbonyl (C=O) groups is 4. The van der Waals surface area contributed by atoms with Gasteiger partial charge in [-0.05, 0) is 25.7 Å². The molecule has 0 aromatic rings. The Balaban J connectivity index is 4.50. The van der Waals surface area contributed by atoms with E-state index in [4.69, 9.17) is 30.5 Å². The molecular formula is C50H93ClO8. The highest BCUT2D eigenvalue weighted by atomic mass is 35.5. The summed E-state index contributed by atoms with van der Waals surface area (Å²) < 4.78 is 21.8. The monoisotopic (exact) mass is 857 g/mol. The fourth-order valence-electron chi connectivity index (χ4n) is 7.53. The predicted molar refractivity (Wildman–Crippen MR) is 244 cm³/mol. The Kier molecular flexibility index (Phi) is 42.9. The summed E-state index contributed by atoms with van der Waals surface area (Å²) in [6.45, 7) is 8.04. The van der Waals surface area contributed by atoms with Gasteiger partial charge in [-0.2, -0.15) is 0 Å². The van der Waals surface area contributed by atoms with Gasteiger partial charge in [-0.25, -0.2) is 0 Å². The maximum atomic E-state index is 13.1. The van der Waals surface area contributed by atoms with Crippen molar-refractivity contribution in [2.45, 2.75) is 265 Å². The molecule has 0 aliphatic heterocycles. The van der Waals surface area contributed by atoms with Gasteiger partial charge in [0.15, 0.2) is 12.2 Å². The number of carbonyl (C=O) groups excluding carboxylic acids is 4. The molecule has 0 N–H and O–H groups in total. The quantitative estimate of drug-likeness (QED) is 0.0258. The summed E-state index contributed by atoms with van der Waals surface area (Å²) in [6, 6.07) is -0.101. The fraction of sp³-hybridized carbons (Fsp3) is 0.920. The third-order valence-electron chi connectivity index (χ3n) is 11.6. The van der Waals surface area contributed by atoms with E-state index >= 15 is 0 Å². The van der Waals surface area contributed by atoms with Gasteiger partial charge < -0.3 is 18.9 Å². The molecule has 0 amide bonds. The number of halogens is 1. The number of hydrogen-bond acceptors (Lipinski definition) is 8. The first kappa shape index (κ1) is 57.2. The summed E-state index contributed by atoms with van der Waals surface area (Å²) >= 11 is 5.48. The molecule has 348 valence electrons. The zero-order valence-electron chi connectivity index (χ0n) is 39.0. The summed E-state index contributed by atoms with van der Waals surface area (Å²) in [4.78, 5) is 50.0. The SMILES string of the molecule is CCCCCCCCCCCCCCCC(=O)OCC(COC(=O)CCCCCCCCCCCCCCC)OC(=O)C(C)CCCCCCCCC(C)C(=O)OCCl. The number of unbranched alkanes of at least 4 members (excludes halogenated alkanes) is 29. The van der Waals surface area contributed by atoms with Gasteiger partial charge in [-0.3, -0.25) is 19.2 Å². The van der Waals surface area contributed by atoms with Crippen LogP contribution in [0.25, 0.3) is 0 Å². The van der Waals surface area contributed by atoms with E-state index in [1.54, 1.807) is 0 Å². The van der Waals surface area contributed by atoms with Crippen LogP contribution in [0.3, 0.4) is 0 Å². The number of alkyl halides is 1. The zero-order chi connectivity index (χ0) is 43.4. The van der Waals surface area contributed by atoms with Crippen LogP contribution in [0.2, 0.25) is 0 Å². The first-order chi connectivity index (χ1) is 28.7. The van der Waals surface area contributed by atoms with E-state index in [-0.39, 0.29) is 55.0 Å². The van der Waals surface area contributed by atoms with Gasteiger partial charge in [0.1, 0.15) is 13.2 Å². The molecule has 2 atom stereocenters. The van der Waals surface area contributed by atoms with E-state index in [1.165, 1.54) is 128 Å². The Morgan fingerprint density at radius 2 is 0.678 bits per heavy atom. The van der Waals surface area contributed by atoms with Gasteiger partial charge in [0.25, 0.3) is 0 Å². The zero-order valence-corrected chi connectivity index (χ0v) is 39.7. The standard InChI is InChI=1S/C50H93ClO8/c1-5-7-9-11-13-15-17-19-21-23-25-31-35-39-47(52)56-41-46(42-57-48(53)40-36-32-26-24-22-20-18-16-14-12-10-8-6-2)59-50(55)45(4)38-34-30-28-27-29-33-37-44(3)49(54)58-43-51/h44-46H,5-43H2,1-4H3. The molecule has 0 aliphatic carbocycles. The molecule has 59 heavy (non-hydrogen) atoms. The average molecular weight is 858 g/mol. The molecule has 0 saturated heterocycles. The Bertz CT molecular complexity index is 929. The van der Waals surface area contributed by atoms with E-state index < -0.39 is 6.10 Å². The summed E-state index contributed by atoms with van der Waals surface area (Å²) in [7, 11) is 0. The van der Waals surface area contributed by atoms with Crippen molar-refractivity contribution >= 4 is 35.5 Å². The van der Waals surface area contributed by atoms with E-state index in [1.807, 2.05) is 13.8 Å². The molecule has 9 heteroatoms. The molecular weight excluding hydrogens is 764 g/mol. The number of esters is 4. The van der Waals surface area contributed by atoms with Crippen LogP contribution in [0.5, 0.6) is 0 Å². The van der Waals surface area contributed by atoms with Crippen molar-refractivity contribution in [3.8, 4) is 0 Å². The maximum absolute atomic E-state index is 13.1. The normalized spacial score (nSPS) is 12.4. The lowest BCUT2D eigenvalue weighted by Crippen LogP contribution is -2.32. The predicted octanol–water partition coefficient (Wildman–Crippen LogP) is 15.1. The Hall–Kier alpha value is -1.83. The number of hydrogen-bond donors (Lipinski definition) is 0. The first-order valence-electron chi connectivity index (χ1n) is 25.0. The third-order valence-corrected chi connectivity index (χ3v) is 11.7. The topological polar surface area (TPSA) is 105 Å². The summed E-state index contributed by atoms with van der Waals surface area (Å²) in [5.74, 6) is -1.64. The maximum Gasteiger partial charge on any atom is 0.309 e. The lowest BCUT2D eigenvalue weighted by atomic mass is 10.00. The van der Waals surface area contributed by atoms with E-state index in [0.29, 0.717) is 19.3 Å². The molecule has 2 unspecified atom stereocenters. The summed E-state index contributed by atoms with van der Waals surface area (Å²) in [6.07, 6.45) is 39.7. The molecule has 0 aromatic heterocycles. The lowest BCUT2D eigenvalue weighted by molar-refractivity contribution is -0.169. The second-order valence-corrected chi connectivity index (χ2v) is 17.7. The van der Waals surface area contributed by atoms with Crippen LogP contribution in [-0.4, -0.2) is 49.3 Å². The highest BCUT2D eigenvalue weighted by molar-refractivity contribution is 6.17. The smallest absolute Gasteiger partial charge is 0.309 e. The van der Waals surface area contributed by atoms with Crippen LogP contribution in [-0.2, 0) is 38.1 Å². The second-order valence-electron chi connectivity index (χ2n) is 17.5.